The Bertz CT molecular complexity index is 177. The molecule has 2 saturated heterocycles. The van der Waals surface area contributed by atoms with Gasteiger partial charge in [0.05, 0.1) is 13.0 Å². The number of cyclic esters (lactones) is 1. The minimum absolute atomic E-state index is 0.0249. The van der Waals surface area contributed by atoms with Crippen LogP contribution in [0.5, 0.6) is 0 Å². The molecule has 0 aromatic heterocycles. The predicted molar refractivity (Wildman–Crippen MR) is 42.7 cm³/mol. The van der Waals surface area contributed by atoms with E-state index in [1.54, 1.807) is 0 Å². The zero-order chi connectivity index (χ0) is 8.44. The molecule has 0 amide bonds. The first-order valence-electron chi connectivity index (χ1n) is 4.54. The fourth-order valence-corrected chi connectivity index (χ4v) is 2.06. The van der Waals surface area contributed by atoms with Gasteiger partial charge in [0.1, 0.15) is 0 Å². The molecule has 0 saturated carbocycles. The summed E-state index contributed by atoms with van der Waals surface area (Å²) in [6, 6.07) is 0. The molecular weight excluding hydrogens is 156 g/mol. The van der Waals surface area contributed by atoms with Gasteiger partial charge in [0.25, 0.3) is 0 Å². The van der Waals surface area contributed by atoms with Crippen LogP contribution in [0, 0.1) is 5.41 Å². The van der Waals surface area contributed by atoms with Crippen LogP contribution in [0.25, 0.3) is 0 Å². The van der Waals surface area contributed by atoms with Gasteiger partial charge in [-0.2, -0.15) is 0 Å². The van der Waals surface area contributed by atoms with Gasteiger partial charge < -0.3 is 9.47 Å². The van der Waals surface area contributed by atoms with Gasteiger partial charge in [-0.05, 0) is 24.7 Å². The van der Waals surface area contributed by atoms with E-state index in [0.29, 0.717) is 13.0 Å². The molecule has 0 atom stereocenters. The Morgan fingerprint density at radius 2 is 1.75 bits per heavy atom. The lowest BCUT2D eigenvalue weighted by molar-refractivity contribution is -0.157. The molecule has 2 heterocycles. The first-order chi connectivity index (χ1) is 5.81. The third kappa shape index (κ3) is 1.46. The Morgan fingerprint density at radius 3 is 2.42 bits per heavy atom. The molecule has 2 aliphatic heterocycles. The molecule has 0 N–H and O–H groups in total. The molecule has 0 unspecified atom stereocenters. The minimum atomic E-state index is -0.0249. The quantitative estimate of drug-likeness (QED) is 0.511. The molecule has 0 aromatic rings. The molecule has 0 bridgehead atoms. The van der Waals surface area contributed by atoms with Gasteiger partial charge >= 0.3 is 5.97 Å². The molecule has 3 heteroatoms. The molecule has 2 aliphatic rings. The van der Waals surface area contributed by atoms with E-state index in [2.05, 4.69) is 0 Å². The number of ether oxygens (including phenoxy) is 2. The van der Waals surface area contributed by atoms with Crippen LogP contribution in [0.2, 0.25) is 0 Å². The Morgan fingerprint density at radius 1 is 1.08 bits per heavy atom. The smallest absolute Gasteiger partial charge is 0.306 e. The summed E-state index contributed by atoms with van der Waals surface area (Å²) < 4.78 is 10.2. The van der Waals surface area contributed by atoms with Gasteiger partial charge in [0.15, 0.2) is 0 Å². The van der Waals surface area contributed by atoms with Crippen LogP contribution in [0.3, 0.4) is 0 Å². The second-order valence-electron chi connectivity index (χ2n) is 3.76. The van der Waals surface area contributed by atoms with Crippen LogP contribution in [0.1, 0.15) is 25.7 Å². The summed E-state index contributed by atoms with van der Waals surface area (Å²) in [5, 5.41) is 0. The van der Waals surface area contributed by atoms with E-state index in [4.69, 9.17) is 9.47 Å². The zero-order valence-electron chi connectivity index (χ0n) is 7.17. The standard InChI is InChI=1S/C9H14O3/c10-8-7-9(3-6-12-8)1-4-11-5-2-9/h1-7H2. The number of hydrogen-bond acceptors (Lipinski definition) is 3. The van der Waals surface area contributed by atoms with E-state index in [-0.39, 0.29) is 11.4 Å². The fraction of sp³-hybridized carbons (Fsp3) is 0.889. The van der Waals surface area contributed by atoms with Crippen molar-refractivity contribution in [2.75, 3.05) is 19.8 Å². The second-order valence-corrected chi connectivity index (χ2v) is 3.76. The Hall–Kier alpha value is -0.570. The monoisotopic (exact) mass is 170 g/mol. The van der Waals surface area contributed by atoms with Crippen molar-refractivity contribution in [1.82, 2.24) is 0 Å². The number of rotatable bonds is 0. The molecule has 0 aliphatic carbocycles. The lowest BCUT2D eigenvalue weighted by Crippen LogP contribution is -2.37. The minimum Gasteiger partial charge on any atom is -0.466 e. The van der Waals surface area contributed by atoms with Crippen molar-refractivity contribution in [2.45, 2.75) is 25.7 Å². The number of carbonyl (C=O) groups is 1. The number of esters is 1. The average Bonchev–Trinajstić information content (AvgIpc) is 2.05. The van der Waals surface area contributed by atoms with Crippen LogP contribution in [-0.2, 0) is 14.3 Å². The summed E-state index contributed by atoms with van der Waals surface area (Å²) in [6.45, 7) is 2.24. The molecule has 12 heavy (non-hydrogen) atoms. The topological polar surface area (TPSA) is 35.5 Å². The highest BCUT2D eigenvalue weighted by Gasteiger charge is 2.38. The largest absolute Gasteiger partial charge is 0.466 e. The summed E-state index contributed by atoms with van der Waals surface area (Å²) in [5.74, 6) is -0.0249. The van der Waals surface area contributed by atoms with Gasteiger partial charge in [-0.3, -0.25) is 4.79 Å². The normalized spacial score (nSPS) is 28.5. The highest BCUT2D eigenvalue weighted by atomic mass is 16.5. The maximum Gasteiger partial charge on any atom is 0.306 e. The van der Waals surface area contributed by atoms with Crippen molar-refractivity contribution in [2.24, 2.45) is 5.41 Å². The Balaban J connectivity index is 2.02. The third-order valence-electron chi connectivity index (χ3n) is 2.97. The molecular formula is C9H14O3. The lowest BCUT2D eigenvalue weighted by Gasteiger charge is -2.38. The fourth-order valence-electron chi connectivity index (χ4n) is 2.06. The van der Waals surface area contributed by atoms with Gasteiger partial charge in [0.2, 0.25) is 0 Å². The number of carbonyl (C=O) groups excluding carboxylic acids is 1. The second kappa shape index (κ2) is 3.05. The van der Waals surface area contributed by atoms with E-state index < -0.39 is 0 Å². The average molecular weight is 170 g/mol. The summed E-state index contributed by atoms with van der Waals surface area (Å²) in [5.41, 5.74) is 0.230. The van der Waals surface area contributed by atoms with Crippen LogP contribution < -0.4 is 0 Å². The van der Waals surface area contributed by atoms with Crippen molar-refractivity contribution < 1.29 is 14.3 Å². The Kier molecular flexibility index (Phi) is 2.05. The van der Waals surface area contributed by atoms with Crippen LogP contribution in [0.4, 0.5) is 0 Å². The molecule has 2 rings (SSSR count). The first kappa shape index (κ1) is 8.05. The highest BCUT2D eigenvalue weighted by Crippen LogP contribution is 2.40. The van der Waals surface area contributed by atoms with Crippen molar-refractivity contribution >= 4 is 5.97 Å². The molecule has 0 radical (unpaired) electrons. The van der Waals surface area contributed by atoms with E-state index in [0.717, 1.165) is 32.5 Å². The molecule has 2 fully saturated rings. The summed E-state index contributed by atoms with van der Waals surface area (Å²) in [7, 11) is 0. The van der Waals surface area contributed by atoms with E-state index >= 15 is 0 Å². The lowest BCUT2D eigenvalue weighted by atomic mass is 9.74. The van der Waals surface area contributed by atoms with Crippen LogP contribution >= 0.6 is 0 Å². The maximum absolute atomic E-state index is 11.1. The molecule has 3 nitrogen and oxygen atoms in total. The predicted octanol–water partition coefficient (Wildman–Crippen LogP) is 1.12. The van der Waals surface area contributed by atoms with Gasteiger partial charge in [0, 0.05) is 13.2 Å². The van der Waals surface area contributed by atoms with Crippen molar-refractivity contribution in [1.29, 1.82) is 0 Å². The van der Waals surface area contributed by atoms with Gasteiger partial charge in [-0.1, -0.05) is 0 Å². The van der Waals surface area contributed by atoms with Crippen molar-refractivity contribution in [3.63, 3.8) is 0 Å². The van der Waals surface area contributed by atoms with Gasteiger partial charge in [-0.25, -0.2) is 0 Å². The molecule has 1 spiro atoms. The summed E-state index contributed by atoms with van der Waals surface area (Å²) in [6.07, 6.45) is 3.70. The maximum atomic E-state index is 11.1. The van der Waals surface area contributed by atoms with Crippen LogP contribution in [0.15, 0.2) is 0 Å². The van der Waals surface area contributed by atoms with E-state index in [9.17, 15) is 4.79 Å². The van der Waals surface area contributed by atoms with E-state index in [1.807, 2.05) is 0 Å². The third-order valence-corrected chi connectivity index (χ3v) is 2.97. The van der Waals surface area contributed by atoms with E-state index in [1.165, 1.54) is 0 Å². The number of hydrogen-bond donors (Lipinski definition) is 0. The molecule has 0 aromatic carbocycles. The summed E-state index contributed by atoms with van der Waals surface area (Å²) in [4.78, 5) is 11.1. The summed E-state index contributed by atoms with van der Waals surface area (Å²) >= 11 is 0. The molecule has 68 valence electrons. The van der Waals surface area contributed by atoms with Crippen molar-refractivity contribution in [3.05, 3.63) is 0 Å². The highest BCUT2D eigenvalue weighted by molar-refractivity contribution is 5.71. The first-order valence-corrected chi connectivity index (χ1v) is 4.54. The van der Waals surface area contributed by atoms with Crippen molar-refractivity contribution in [3.8, 4) is 0 Å². The Labute approximate surface area is 72.0 Å². The SMILES string of the molecule is O=C1CC2(CCOCC2)CCO1. The van der Waals surface area contributed by atoms with Gasteiger partial charge in [-0.15, -0.1) is 0 Å². The van der Waals surface area contributed by atoms with Crippen LogP contribution in [-0.4, -0.2) is 25.8 Å². The zero-order valence-corrected chi connectivity index (χ0v) is 7.17.